The normalized spacial score (nSPS) is 11.2. The maximum absolute atomic E-state index is 12.8. The summed E-state index contributed by atoms with van der Waals surface area (Å²) in [6.07, 6.45) is 0. The number of amides is 1. The summed E-state index contributed by atoms with van der Waals surface area (Å²) >= 11 is 7.41. The van der Waals surface area contributed by atoms with Gasteiger partial charge in [-0.15, -0.1) is 0 Å². The molecule has 2 aromatic heterocycles. The van der Waals surface area contributed by atoms with Gasteiger partial charge in [0, 0.05) is 10.4 Å². The predicted octanol–water partition coefficient (Wildman–Crippen LogP) is 5.37. The first-order chi connectivity index (χ1) is 12.0. The molecule has 0 radical (unpaired) electrons. The van der Waals surface area contributed by atoms with Gasteiger partial charge in [-0.1, -0.05) is 41.1 Å². The lowest BCUT2D eigenvalue weighted by atomic mass is 10.0. The SMILES string of the molecule is Cc1nc2ccccc2c(C)c1C(=O)Nc1nc2ccc(Cl)cc2s1. The molecule has 1 N–H and O–H groups in total. The smallest absolute Gasteiger partial charge is 0.259 e. The first kappa shape index (κ1) is 16.0. The van der Waals surface area contributed by atoms with Gasteiger partial charge < -0.3 is 0 Å². The Morgan fingerprint density at radius 2 is 1.88 bits per heavy atom. The van der Waals surface area contributed by atoms with Gasteiger partial charge in [0.25, 0.3) is 5.91 Å². The van der Waals surface area contributed by atoms with E-state index in [0.29, 0.717) is 21.4 Å². The van der Waals surface area contributed by atoms with Gasteiger partial charge in [-0.05, 0) is 43.7 Å². The molecule has 2 heterocycles. The number of halogens is 1. The van der Waals surface area contributed by atoms with Crippen LogP contribution in [0.1, 0.15) is 21.6 Å². The predicted molar refractivity (Wildman–Crippen MR) is 104 cm³/mol. The lowest BCUT2D eigenvalue weighted by Gasteiger charge is -2.11. The van der Waals surface area contributed by atoms with Crippen molar-refractivity contribution in [3.8, 4) is 0 Å². The van der Waals surface area contributed by atoms with E-state index in [1.165, 1.54) is 11.3 Å². The molecule has 0 saturated carbocycles. The summed E-state index contributed by atoms with van der Waals surface area (Å²) < 4.78 is 0.938. The summed E-state index contributed by atoms with van der Waals surface area (Å²) in [5.74, 6) is -0.196. The van der Waals surface area contributed by atoms with Gasteiger partial charge in [-0.2, -0.15) is 0 Å². The molecule has 25 heavy (non-hydrogen) atoms. The molecule has 0 bridgehead atoms. The number of benzene rings is 2. The molecule has 0 fully saturated rings. The minimum atomic E-state index is -0.196. The van der Waals surface area contributed by atoms with Gasteiger partial charge >= 0.3 is 0 Å². The zero-order chi connectivity index (χ0) is 17.6. The fourth-order valence-electron chi connectivity index (χ4n) is 2.98. The third-order valence-corrected chi connectivity index (χ3v) is 5.30. The van der Waals surface area contributed by atoms with Crippen LogP contribution in [0.3, 0.4) is 0 Å². The van der Waals surface area contributed by atoms with Gasteiger partial charge in [-0.3, -0.25) is 15.1 Å². The highest BCUT2D eigenvalue weighted by Gasteiger charge is 2.18. The molecule has 0 saturated heterocycles. The Labute approximate surface area is 153 Å². The van der Waals surface area contributed by atoms with Gasteiger partial charge in [0.2, 0.25) is 0 Å². The molecule has 2 aromatic carbocycles. The van der Waals surface area contributed by atoms with Crippen LogP contribution in [-0.2, 0) is 0 Å². The molecule has 124 valence electrons. The molecular weight excluding hydrogens is 354 g/mol. The van der Waals surface area contributed by atoms with Crippen molar-refractivity contribution in [1.29, 1.82) is 0 Å². The van der Waals surface area contributed by atoms with E-state index in [1.807, 2.05) is 50.2 Å². The number of hydrogen-bond acceptors (Lipinski definition) is 4. The van der Waals surface area contributed by atoms with Crippen LogP contribution in [0, 0.1) is 13.8 Å². The van der Waals surface area contributed by atoms with Crippen LogP contribution in [0.25, 0.3) is 21.1 Å². The van der Waals surface area contributed by atoms with Crippen molar-refractivity contribution in [3.05, 3.63) is 64.3 Å². The monoisotopic (exact) mass is 367 g/mol. The van der Waals surface area contributed by atoms with Crippen molar-refractivity contribution >= 4 is 55.1 Å². The summed E-state index contributed by atoms with van der Waals surface area (Å²) in [5, 5.41) is 5.08. The lowest BCUT2D eigenvalue weighted by Crippen LogP contribution is -2.16. The number of para-hydroxylation sites is 1. The Kier molecular flexibility index (Phi) is 3.90. The van der Waals surface area contributed by atoms with Crippen LogP contribution in [-0.4, -0.2) is 15.9 Å². The van der Waals surface area contributed by atoms with Crippen molar-refractivity contribution < 1.29 is 4.79 Å². The Morgan fingerprint density at radius 1 is 1.08 bits per heavy atom. The minimum Gasteiger partial charge on any atom is -0.298 e. The number of aromatic nitrogens is 2. The van der Waals surface area contributed by atoms with Crippen molar-refractivity contribution in [2.24, 2.45) is 0 Å². The number of pyridine rings is 1. The van der Waals surface area contributed by atoms with Gasteiger partial charge in [0.05, 0.1) is 27.0 Å². The molecule has 0 unspecified atom stereocenters. The van der Waals surface area contributed by atoms with Crippen molar-refractivity contribution in [2.75, 3.05) is 5.32 Å². The van der Waals surface area contributed by atoms with Crippen LogP contribution in [0.4, 0.5) is 5.13 Å². The number of aryl methyl sites for hydroxylation is 2. The number of anilines is 1. The van der Waals surface area contributed by atoms with Crippen LogP contribution in [0.15, 0.2) is 42.5 Å². The first-order valence-corrected chi connectivity index (χ1v) is 8.96. The quantitative estimate of drug-likeness (QED) is 0.518. The largest absolute Gasteiger partial charge is 0.298 e. The Morgan fingerprint density at radius 3 is 2.72 bits per heavy atom. The first-order valence-electron chi connectivity index (χ1n) is 7.76. The van der Waals surface area contributed by atoms with Crippen molar-refractivity contribution in [3.63, 3.8) is 0 Å². The van der Waals surface area contributed by atoms with Crippen molar-refractivity contribution in [2.45, 2.75) is 13.8 Å². The summed E-state index contributed by atoms with van der Waals surface area (Å²) in [7, 11) is 0. The third-order valence-electron chi connectivity index (χ3n) is 4.13. The number of fused-ring (bicyclic) bond motifs is 2. The van der Waals surface area contributed by atoms with Gasteiger partial charge in [0.15, 0.2) is 5.13 Å². The fraction of sp³-hybridized carbons (Fsp3) is 0.105. The molecular formula is C19H14ClN3OS. The molecule has 4 aromatic rings. The zero-order valence-electron chi connectivity index (χ0n) is 13.6. The van der Waals surface area contributed by atoms with E-state index >= 15 is 0 Å². The maximum Gasteiger partial charge on any atom is 0.259 e. The average Bonchev–Trinajstić information content (AvgIpc) is 2.96. The van der Waals surface area contributed by atoms with Crippen LogP contribution in [0.2, 0.25) is 5.02 Å². The second kappa shape index (κ2) is 6.10. The highest BCUT2D eigenvalue weighted by molar-refractivity contribution is 7.22. The summed E-state index contributed by atoms with van der Waals surface area (Å²) in [6.45, 7) is 3.80. The number of carbonyl (C=O) groups excluding carboxylic acids is 1. The molecule has 4 rings (SSSR count). The number of carbonyl (C=O) groups is 1. The topological polar surface area (TPSA) is 54.9 Å². The third kappa shape index (κ3) is 2.86. The molecule has 0 aliphatic rings. The molecule has 0 aliphatic carbocycles. The van der Waals surface area contributed by atoms with E-state index in [-0.39, 0.29) is 5.91 Å². The highest BCUT2D eigenvalue weighted by atomic mass is 35.5. The van der Waals surface area contributed by atoms with Crippen molar-refractivity contribution in [1.82, 2.24) is 9.97 Å². The highest BCUT2D eigenvalue weighted by Crippen LogP contribution is 2.29. The zero-order valence-corrected chi connectivity index (χ0v) is 15.2. The summed E-state index contributed by atoms with van der Waals surface area (Å²) in [6, 6.07) is 13.3. The van der Waals surface area contributed by atoms with Crippen LogP contribution >= 0.6 is 22.9 Å². The second-order valence-electron chi connectivity index (χ2n) is 5.80. The molecule has 0 aliphatic heterocycles. The Hall–Kier alpha value is -2.50. The van der Waals surface area contributed by atoms with E-state index < -0.39 is 0 Å². The maximum atomic E-state index is 12.8. The van der Waals surface area contributed by atoms with Gasteiger partial charge in [0.1, 0.15) is 0 Å². The van der Waals surface area contributed by atoms with E-state index in [1.54, 1.807) is 6.07 Å². The van der Waals surface area contributed by atoms with E-state index in [9.17, 15) is 4.79 Å². The number of thiazole rings is 1. The second-order valence-corrected chi connectivity index (χ2v) is 7.27. The Balaban J connectivity index is 1.74. The van der Waals surface area contributed by atoms with E-state index in [0.717, 1.165) is 26.7 Å². The molecule has 0 atom stereocenters. The summed E-state index contributed by atoms with van der Waals surface area (Å²) in [5.41, 5.74) is 3.93. The number of nitrogens with one attached hydrogen (secondary N) is 1. The number of hydrogen-bond donors (Lipinski definition) is 1. The number of rotatable bonds is 2. The van der Waals surface area contributed by atoms with E-state index in [4.69, 9.17) is 11.6 Å². The fourth-order valence-corrected chi connectivity index (χ4v) is 4.11. The molecule has 6 heteroatoms. The molecule has 0 spiro atoms. The molecule has 4 nitrogen and oxygen atoms in total. The number of nitrogens with zero attached hydrogens (tertiary/aromatic N) is 2. The molecule has 1 amide bonds. The van der Waals surface area contributed by atoms with E-state index in [2.05, 4.69) is 15.3 Å². The summed E-state index contributed by atoms with van der Waals surface area (Å²) in [4.78, 5) is 21.8. The van der Waals surface area contributed by atoms with Crippen LogP contribution in [0.5, 0.6) is 0 Å². The Bertz CT molecular complexity index is 1140. The standard InChI is InChI=1S/C19H14ClN3OS/c1-10-13-5-3-4-6-14(13)21-11(2)17(10)18(24)23-19-22-15-8-7-12(20)9-16(15)25-19/h3-9H,1-2H3,(H,22,23,24). The van der Waals surface area contributed by atoms with Crippen LogP contribution < -0.4 is 5.32 Å². The minimum absolute atomic E-state index is 0.196. The average molecular weight is 368 g/mol. The lowest BCUT2D eigenvalue weighted by molar-refractivity contribution is 0.102. The van der Waals surface area contributed by atoms with Gasteiger partial charge in [-0.25, -0.2) is 4.98 Å².